The molecule has 0 aromatic rings. The maximum atomic E-state index is 9.53. The second kappa shape index (κ2) is 2.27. The van der Waals surface area contributed by atoms with Gasteiger partial charge in [-0.25, -0.2) is 0 Å². The van der Waals surface area contributed by atoms with Crippen molar-refractivity contribution in [3.63, 3.8) is 0 Å². The van der Waals surface area contributed by atoms with Crippen LogP contribution in [0.1, 0.15) is 20.3 Å². The van der Waals surface area contributed by atoms with E-state index in [1.165, 1.54) is 0 Å². The Morgan fingerprint density at radius 1 is 1.78 bits per heavy atom. The Labute approximate surface area is 55.8 Å². The fraction of sp³-hybridized carbons (Fsp3) is 1.00. The van der Waals surface area contributed by atoms with Crippen LogP contribution < -0.4 is 0 Å². The lowest BCUT2D eigenvalue weighted by Gasteiger charge is -2.21. The third kappa shape index (κ3) is 1.25. The van der Waals surface area contributed by atoms with Crippen LogP contribution in [0.3, 0.4) is 0 Å². The third-order valence-electron chi connectivity index (χ3n) is 2.09. The van der Waals surface area contributed by atoms with Gasteiger partial charge in [-0.2, -0.15) is 0 Å². The lowest BCUT2D eigenvalue weighted by molar-refractivity contribution is 0.0181. The molecule has 0 aromatic heterocycles. The van der Waals surface area contributed by atoms with Crippen LogP contribution in [0.25, 0.3) is 0 Å². The van der Waals surface area contributed by atoms with Crippen LogP contribution in [0.2, 0.25) is 0 Å². The fourth-order valence-corrected chi connectivity index (χ4v) is 1.26. The zero-order valence-electron chi connectivity index (χ0n) is 6.05. The molecule has 2 heteroatoms. The average molecular weight is 130 g/mol. The summed E-state index contributed by atoms with van der Waals surface area (Å²) in [5.74, 6) is 0.345. The highest BCUT2D eigenvalue weighted by Gasteiger charge is 2.36. The van der Waals surface area contributed by atoms with Gasteiger partial charge in [0.1, 0.15) is 0 Å². The van der Waals surface area contributed by atoms with Crippen molar-refractivity contribution in [2.75, 3.05) is 13.2 Å². The van der Waals surface area contributed by atoms with Gasteiger partial charge >= 0.3 is 0 Å². The molecule has 1 aliphatic heterocycles. The molecule has 0 unspecified atom stereocenters. The highest BCUT2D eigenvalue weighted by Crippen LogP contribution is 2.26. The van der Waals surface area contributed by atoms with Crippen molar-refractivity contribution >= 4 is 0 Å². The summed E-state index contributed by atoms with van der Waals surface area (Å²) in [6, 6.07) is 0. The third-order valence-corrected chi connectivity index (χ3v) is 2.09. The molecule has 0 amide bonds. The minimum absolute atomic E-state index is 0.345. The molecule has 2 nitrogen and oxygen atoms in total. The standard InChI is InChI=1S/C7H14O2/c1-3-6-4-9-5-7(6,2)8/h6,8H,3-5H2,1-2H3/t6-,7+/m0/s1. The molecular weight excluding hydrogens is 116 g/mol. The van der Waals surface area contributed by atoms with Crippen molar-refractivity contribution in [1.29, 1.82) is 0 Å². The summed E-state index contributed by atoms with van der Waals surface area (Å²) >= 11 is 0. The van der Waals surface area contributed by atoms with Crippen molar-refractivity contribution in [3.05, 3.63) is 0 Å². The summed E-state index contributed by atoms with van der Waals surface area (Å²) in [5.41, 5.74) is -0.561. The molecule has 1 fully saturated rings. The number of ether oxygens (including phenoxy) is 1. The van der Waals surface area contributed by atoms with E-state index in [-0.39, 0.29) is 0 Å². The molecule has 1 saturated heterocycles. The van der Waals surface area contributed by atoms with Crippen LogP contribution in [-0.2, 0) is 4.74 Å². The summed E-state index contributed by atoms with van der Waals surface area (Å²) < 4.78 is 5.11. The summed E-state index contributed by atoms with van der Waals surface area (Å²) in [6.45, 7) is 5.15. The maximum absolute atomic E-state index is 9.53. The first-order chi connectivity index (χ1) is 4.17. The van der Waals surface area contributed by atoms with Crippen LogP contribution in [-0.4, -0.2) is 23.9 Å². The summed E-state index contributed by atoms with van der Waals surface area (Å²) in [5, 5.41) is 9.53. The molecule has 0 saturated carbocycles. The van der Waals surface area contributed by atoms with Crippen molar-refractivity contribution in [3.8, 4) is 0 Å². The van der Waals surface area contributed by atoms with Crippen LogP contribution >= 0.6 is 0 Å². The molecule has 54 valence electrons. The zero-order chi connectivity index (χ0) is 6.91. The highest BCUT2D eigenvalue weighted by atomic mass is 16.5. The molecule has 0 aliphatic carbocycles. The Morgan fingerprint density at radius 2 is 2.44 bits per heavy atom. The Bertz CT molecular complexity index is 99.1. The van der Waals surface area contributed by atoms with Gasteiger partial charge in [-0.05, 0) is 13.3 Å². The number of rotatable bonds is 1. The Balaban J connectivity index is 2.52. The molecule has 0 bridgehead atoms. The quantitative estimate of drug-likeness (QED) is 0.568. The monoisotopic (exact) mass is 130 g/mol. The lowest BCUT2D eigenvalue weighted by Crippen LogP contribution is -2.32. The maximum Gasteiger partial charge on any atom is 0.0901 e. The summed E-state index contributed by atoms with van der Waals surface area (Å²) in [6.07, 6.45) is 1.01. The average Bonchev–Trinajstić information content (AvgIpc) is 2.08. The van der Waals surface area contributed by atoms with Gasteiger partial charge in [-0.1, -0.05) is 6.92 Å². The second-order valence-corrected chi connectivity index (χ2v) is 2.98. The van der Waals surface area contributed by atoms with E-state index in [0.717, 1.165) is 13.0 Å². The molecule has 1 N–H and O–H groups in total. The predicted molar refractivity (Wildman–Crippen MR) is 35.2 cm³/mol. The van der Waals surface area contributed by atoms with Gasteiger partial charge in [0.15, 0.2) is 0 Å². The minimum atomic E-state index is -0.561. The Hall–Kier alpha value is -0.0800. The van der Waals surface area contributed by atoms with Crippen LogP contribution in [0.5, 0.6) is 0 Å². The zero-order valence-corrected chi connectivity index (χ0v) is 6.05. The topological polar surface area (TPSA) is 29.5 Å². The SMILES string of the molecule is CC[C@H]1COC[C@@]1(C)O. The Kier molecular flexibility index (Phi) is 1.78. The number of aliphatic hydroxyl groups is 1. The van der Waals surface area contributed by atoms with Crippen LogP contribution in [0.4, 0.5) is 0 Å². The fourth-order valence-electron chi connectivity index (χ4n) is 1.26. The van der Waals surface area contributed by atoms with E-state index in [2.05, 4.69) is 6.92 Å². The van der Waals surface area contributed by atoms with E-state index in [0.29, 0.717) is 12.5 Å². The van der Waals surface area contributed by atoms with Crippen molar-refractivity contribution < 1.29 is 9.84 Å². The molecule has 9 heavy (non-hydrogen) atoms. The van der Waals surface area contributed by atoms with E-state index in [9.17, 15) is 5.11 Å². The van der Waals surface area contributed by atoms with Crippen molar-refractivity contribution in [1.82, 2.24) is 0 Å². The summed E-state index contributed by atoms with van der Waals surface area (Å²) in [7, 11) is 0. The van der Waals surface area contributed by atoms with Gasteiger partial charge in [0, 0.05) is 5.92 Å². The molecule has 2 atom stereocenters. The smallest absolute Gasteiger partial charge is 0.0901 e. The van der Waals surface area contributed by atoms with Crippen molar-refractivity contribution in [2.24, 2.45) is 5.92 Å². The predicted octanol–water partition coefficient (Wildman–Crippen LogP) is 0.794. The highest BCUT2D eigenvalue weighted by molar-refractivity contribution is 4.85. The van der Waals surface area contributed by atoms with Gasteiger partial charge in [-0.15, -0.1) is 0 Å². The largest absolute Gasteiger partial charge is 0.387 e. The van der Waals surface area contributed by atoms with Gasteiger partial charge in [0.25, 0.3) is 0 Å². The lowest BCUT2D eigenvalue weighted by atomic mass is 9.91. The van der Waals surface area contributed by atoms with Gasteiger partial charge in [0.2, 0.25) is 0 Å². The van der Waals surface area contributed by atoms with E-state index in [1.54, 1.807) is 0 Å². The first-order valence-electron chi connectivity index (χ1n) is 3.47. The molecule has 1 heterocycles. The Morgan fingerprint density at radius 3 is 2.67 bits per heavy atom. The molecular formula is C7H14O2. The summed E-state index contributed by atoms with van der Waals surface area (Å²) in [4.78, 5) is 0. The minimum Gasteiger partial charge on any atom is -0.387 e. The van der Waals surface area contributed by atoms with Gasteiger partial charge < -0.3 is 9.84 Å². The molecule has 1 aliphatic rings. The normalized spacial score (nSPS) is 43.7. The molecule has 0 aromatic carbocycles. The van der Waals surface area contributed by atoms with Crippen LogP contribution in [0.15, 0.2) is 0 Å². The van der Waals surface area contributed by atoms with Crippen molar-refractivity contribution in [2.45, 2.75) is 25.9 Å². The number of hydrogen-bond donors (Lipinski definition) is 1. The van der Waals surface area contributed by atoms with E-state index < -0.39 is 5.60 Å². The first kappa shape index (κ1) is 7.03. The van der Waals surface area contributed by atoms with E-state index >= 15 is 0 Å². The molecule has 0 spiro atoms. The molecule has 0 radical (unpaired) electrons. The van der Waals surface area contributed by atoms with Gasteiger partial charge in [0.05, 0.1) is 18.8 Å². The van der Waals surface area contributed by atoms with E-state index in [4.69, 9.17) is 4.74 Å². The molecule has 1 rings (SSSR count). The van der Waals surface area contributed by atoms with E-state index in [1.807, 2.05) is 6.92 Å². The number of hydrogen-bond acceptors (Lipinski definition) is 2. The second-order valence-electron chi connectivity index (χ2n) is 2.98. The van der Waals surface area contributed by atoms with Gasteiger partial charge in [-0.3, -0.25) is 0 Å². The van der Waals surface area contributed by atoms with Crippen LogP contribution in [0, 0.1) is 5.92 Å². The first-order valence-corrected chi connectivity index (χ1v) is 3.47.